The molecule has 0 amide bonds. The van der Waals surface area contributed by atoms with E-state index in [1.54, 1.807) is 6.92 Å². The zero-order valence-electron chi connectivity index (χ0n) is 17.3. The Morgan fingerprint density at radius 2 is 1.79 bits per heavy atom. The van der Waals surface area contributed by atoms with Crippen LogP contribution in [0.25, 0.3) is 10.9 Å². The lowest BCUT2D eigenvalue weighted by Gasteiger charge is -2.31. The van der Waals surface area contributed by atoms with E-state index in [4.69, 9.17) is 4.74 Å². The molecule has 0 bridgehead atoms. The number of hydrogen-bond donors (Lipinski definition) is 1. The summed E-state index contributed by atoms with van der Waals surface area (Å²) in [5.41, 5.74) is -0.333. The normalized spacial score (nSPS) is 14.2. The van der Waals surface area contributed by atoms with Gasteiger partial charge in [-0.25, -0.2) is 4.79 Å². The smallest absolute Gasteiger partial charge is 0.453 e. The highest BCUT2D eigenvalue weighted by atomic mass is 19.4. The maximum Gasteiger partial charge on any atom is 0.453 e. The van der Waals surface area contributed by atoms with Crippen molar-refractivity contribution in [3.8, 4) is 5.75 Å². The molecule has 2 rings (SSSR count). The Labute approximate surface area is 168 Å². The Bertz CT molecular complexity index is 860. The fourth-order valence-corrected chi connectivity index (χ4v) is 3.66. The second-order valence-corrected chi connectivity index (χ2v) is 7.25. The zero-order chi connectivity index (χ0) is 21.8. The fraction of sp³-hybridized carbons (Fsp3) is 0.619. The van der Waals surface area contributed by atoms with Crippen molar-refractivity contribution in [1.82, 2.24) is 5.16 Å². The van der Waals surface area contributed by atoms with Crippen LogP contribution in [0.15, 0.2) is 10.6 Å². The Morgan fingerprint density at radius 3 is 2.28 bits per heavy atom. The van der Waals surface area contributed by atoms with Gasteiger partial charge in [-0.15, -0.1) is 0 Å². The van der Waals surface area contributed by atoms with E-state index in [0.29, 0.717) is 55.4 Å². The first-order valence-electron chi connectivity index (χ1n) is 10.1. The first kappa shape index (κ1) is 23.0. The van der Waals surface area contributed by atoms with E-state index in [1.165, 1.54) is 6.07 Å². The van der Waals surface area contributed by atoms with Crippen LogP contribution >= 0.6 is 0 Å². The predicted octanol–water partition coefficient (Wildman–Crippen LogP) is 6.16. The molecule has 0 aliphatic rings. The third-order valence-electron chi connectivity index (χ3n) is 5.09. The standard InChI is InChI=1S/C21H28F3NO4/c1-5-9-13-12-15-16(25-29-18(15)21(22,23)24)14(10-6-2)17(13)28-20(8-4,11-7-3)19(26)27/h12H,5-11H2,1-4H3,(H,26,27)/t20-/m1/s1. The van der Waals surface area contributed by atoms with E-state index in [9.17, 15) is 23.1 Å². The summed E-state index contributed by atoms with van der Waals surface area (Å²) in [5, 5.41) is 13.5. The zero-order valence-corrected chi connectivity index (χ0v) is 17.3. The summed E-state index contributed by atoms with van der Waals surface area (Å²) in [5.74, 6) is -1.88. The van der Waals surface area contributed by atoms with Gasteiger partial charge in [-0.3, -0.25) is 0 Å². The maximum absolute atomic E-state index is 13.4. The van der Waals surface area contributed by atoms with Crippen LogP contribution in [0, 0.1) is 0 Å². The third-order valence-corrected chi connectivity index (χ3v) is 5.09. The van der Waals surface area contributed by atoms with Crippen LogP contribution in [0.1, 0.15) is 76.7 Å². The van der Waals surface area contributed by atoms with Gasteiger partial charge in [-0.1, -0.05) is 52.1 Å². The van der Waals surface area contributed by atoms with Crippen molar-refractivity contribution in [2.75, 3.05) is 0 Å². The third kappa shape index (κ3) is 4.51. The number of ether oxygens (including phenoxy) is 1. The van der Waals surface area contributed by atoms with E-state index >= 15 is 0 Å². The highest BCUT2D eigenvalue weighted by Crippen LogP contribution is 2.42. The van der Waals surface area contributed by atoms with Crippen LogP contribution in [0.3, 0.4) is 0 Å². The molecule has 0 unspecified atom stereocenters. The summed E-state index contributed by atoms with van der Waals surface area (Å²) in [6.45, 7) is 7.40. The van der Waals surface area contributed by atoms with Crippen molar-refractivity contribution >= 4 is 16.9 Å². The van der Waals surface area contributed by atoms with Crippen molar-refractivity contribution in [1.29, 1.82) is 0 Å². The van der Waals surface area contributed by atoms with Crippen molar-refractivity contribution in [3.05, 3.63) is 23.0 Å². The number of hydrogen-bond acceptors (Lipinski definition) is 4. The number of nitrogens with zero attached hydrogens (tertiary/aromatic N) is 1. The molecule has 162 valence electrons. The molecule has 29 heavy (non-hydrogen) atoms. The first-order chi connectivity index (χ1) is 13.6. The average molecular weight is 415 g/mol. The van der Waals surface area contributed by atoms with Gasteiger partial charge in [-0.05, 0) is 37.3 Å². The number of alkyl halides is 3. The second kappa shape index (κ2) is 9.05. The Kier molecular flexibility index (Phi) is 7.19. The summed E-state index contributed by atoms with van der Waals surface area (Å²) in [6.07, 6.45) is -1.39. The predicted molar refractivity (Wildman–Crippen MR) is 103 cm³/mol. The molecule has 1 atom stereocenters. The molecule has 5 nitrogen and oxygen atoms in total. The van der Waals surface area contributed by atoms with Gasteiger partial charge >= 0.3 is 12.1 Å². The molecule has 8 heteroatoms. The number of aliphatic carboxylic acids is 1. The minimum Gasteiger partial charge on any atom is -0.478 e. The van der Waals surface area contributed by atoms with Gasteiger partial charge in [0.1, 0.15) is 11.3 Å². The lowest BCUT2D eigenvalue weighted by atomic mass is 9.92. The molecule has 1 aromatic heterocycles. The summed E-state index contributed by atoms with van der Waals surface area (Å²) >= 11 is 0. The van der Waals surface area contributed by atoms with Gasteiger partial charge in [0.25, 0.3) is 0 Å². The summed E-state index contributed by atoms with van der Waals surface area (Å²) in [6, 6.07) is 1.39. The van der Waals surface area contributed by atoms with Crippen LogP contribution in [0.2, 0.25) is 0 Å². The van der Waals surface area contributed by atoms with Crippen molar-refractivity contribution in [3.63, 3.8) is 0 Å². The lowest BCUT2D eigenvalue weighted by molar-refractivity contribution is -0.156. The Morgan fingerprint density at radius 1 is 1.14 bits per heavy atom. The number of rotatable bonds is 10. The number of aromatic nitrogens is 1. The molecule has 1 aromatic carbocycles. The minimum atomic E-state index is -4.67. The SMILES string of the molecule is CCCc1cc2c(C(F)(F)F)onc2c(CCC)c1O[C@](CC)(CCC)C(=O)O. The van der Waals surface area contributed by atoms with Crippen molar-refractivity contribution in [2.24, 2.45) is 0 Å². The quantitative estimate of drug-likeness (QED) is 0.503. The molecule has 2 aromatic rings. The molecule has 1 N–H and O–H groups in total. The highest BCUT2D eigenvalue weighted by Gasteiger charge is 2.42. The van der Waals surface area contributed by atoms with Crippen LogP contribution < -0.4 is 4.74 Å². The molecule has 0 radical (unpaired) electrons. The largest absolute Gasteiger partial charge is 0.478 e. The molecular weight excluding hydrogens is 387 g/mol. The number of carboxylic acids is 1. The van der Waals surface area contributed by atoms with Gasteiger partial charge in [0.15, 0.2) is 0 Å². The second-order valence-electron chi connectivity index (χ2n) is 7.25. The van der Waals surface area contributed by atoms with E-state index in [-0.39, 0.29) is 17.3 Å². The Hall–Kier alpha value is -2.25. The highest BCUT2D eigenvalue weighted by molar-refractivity contribution is 5.88. The van der Waals surface area contributed by atoms with E-state index in [2.05, 4.69) is 9.68 Å². The lowest BCUT2D eigenvalue weighted by Crippen LogP contribution is -2.44. The maximum atomic E-state index is 13.4. The molecule has 0 fully saturated rings. The number of benzene rings is 1. The molecular formula is C21H28F3NO4. The average Bonchev–Trinajstić information content (AvgIpc) is 3.07. The fourth-order valence-electron chi connectivity index (χ4n) is 3.66. The van der Waals surface area contributed by atoms with Crippen molar-refractivity contribution < 1.29 is 32.3 Å². The van der Waals surface area contributed by atoms with Gasteiger partial charge < -0.3 is 14.4 Å². The van der Waals surface area contributed by atoms with Crippen LogP contribution in [0.5, 0.6) is 5.75 Å². The van der Waals surface area contributed by atoms with Crippen LogP contribution in [-0.4, -0.2) is 21.8 Å². The minimum absolute atomic E-state index is 0.0842. The number of carbonyl (C=O) groups is 1. The Balaban J connectivity index is 2.80. The molecule has 0 saturated heterocycles. The summed E-state index contributed by atoms with van der Waals surface area (Å²) in [7, 11) is 0. The molecule has 0 aliphatic heterocycles. The summed E-state index contributed by atoms with van der Waals surface area (Å²) < 4.78 is 50.9. The summed E-state index contributed by atoms with van der Waals surface area (Å²) in [4.78, 5) is 12.1. The van der Waals surface area contributed by atoms with Crippen LogP contribution in [0.4, 0.5) is 13.2 Å². The number of halogens is 3. The number of fused-ring (bicyclic) bond motifs is 1. The number of carboxylic acid groups (broad SMARTS) is 1. The van der Waals surface area contributed by atoms with Gasteiger partial charge in [-0.2, -0.15) is 13.2 Å². The van der Waals surface area contributed by atoms with E-state index < -0.39 is 23.5 Å². The topological polar surface area (TPSA) is 72.6 Å². The molecule has 1 heterocycles. The van der Waals surface area contributed by atoms with Gasteiger partial charge in [0, 0.05) is 5.56 Å². The van der Waals surface area contributed by atoms with Crippen LogP contribution in [-0.2, 0) is 23.8 Å². The van der Waals surface area contributed by atoms with E-state index in [0.717, 1.165) is 0 Å². The molecule has 0 aliphatic carbocycles. The monoisotopic (exact) mass is 415 g/mol. The van der Waals surface area contributed by atoms with Gasteiger partial charge in [0.2, 0.25) is 11.4 Å². The molecule has 0 saturated carbocycles. The number of aryl methyl sites for hydroxylation is 2. The van der Waals surface area contributed by atoms with Crippen molar-refractivity contribution in [2.45, 2.75) is 84.4 Å². The van der Waals surface area contributed by atoms with E-state index in [1.807, 2.05) is 20.8 Å². The van der Waals surface area contributed by atoms with Gasteiger partial charge in [0.05, 0.1) is 5.39 Å². The molecule has 0 spiro atoms. The first-order valence-corrected chi connectivity index (χ1v) is 10.1.